The summed E-state index contributed by atoms with van der Waals surface area (Å²) in [6.07, 6.45) is 0.614. The maximum Gasteiger partial charge on any atom is 0.203 e. The number of ketones is 1. The molecule has 3 N–H and O–H groups in total. The van der Waals surface area contributed by atoms with Gasteiger partial charge in [-0.1, -0.05) is 0 Å². The number of benzene rings is 1. The van der Waals surface area contributed by atoms with Crippen LogP contribution in [0.25, 0.3) is 0 Å². The van der Waals surface area contributed by atoms with Gasteiger partial charge in [0.2, 0.25) is 11.5 Å². The summed E-state index contributed by atoms with van der Waals surface area (Å²) in [6, 6.07) is 1.31. The summed E-state index contributed by atoms with van der Waals surface area (Å²) >= 11 is 0. The van der Waals surface area contributed by atoms with E-state index >= 15 is 0 Å². The van der Waals surface area contributed by atoms with Gasteiger partial charge in [-0.05, 0) is 6.07 Å². The van der Waals surface area contributed by atoms with Crippen LogP contribution in [-0.2, 0) is 11.3 Å². The van der Waals surface area contributed by atoms with Gasteiger partial charge in [0, 0.05) is 18.2 Å². The third-order valence-corrected chi connectivity index (χ3v) is 3.76. The molecular weight excluding hydrogens is 292 g/mol. The number of methoxy groups -OCH3 is 2. The molecule has 1 aliphatic rings. The second kappa shape index (κ2) is 5.04. The highest BCUT2D eigenvalue weighted by molar-refractivity contribution is 6.15. The van der Waals surface area contributed by atoms with Gasteiger partial charge in [-0.15, -0.1) is 0 Å². The summed E-state index contributed by atoms with van der Waals surface area (Å²) in [5.74, 6) is -1.39. The number of phenolic OH excluding ortho intramolecular Hbond substituents is 2. The molecule has 0 radical (unpaired) electrons. The number of hydrogen-bond acceptors (Lipinski definition) is 7. The fourth-order valence-corrected chi connectivity index (χ4v) is 2.83. The van der Waals surface area contributed by atoms with Crippen LogP contribution in [0.4, 0.5) is 0 Å². The number of aromatic hydroxyl groups is 2. The second-order valence-electron chi connectivity index (χ2n) is 4.83. The number of carbonyl (C=O) groups excluding carboxylic acids is 1. The second-order valence-corrected chi connectivity index (χ2v) is 4.83. The molecule has 3 rings (SSSR count). The van der Waals surface area contributed by atoms with Gasteiger partial charge in [0.25, 0.3) is 0 Å². The predicted octanol–water partition coefficient (Wildman–Crippen LogP) is 1.47. The van der Waals surface area contributed by atoms with Gasteiger partial charge in [-0.3, -0.25) is 4.79 Å². The van der Waals surface area contributed by atoms with Crippen LogP contribution in [0.15, 0.2) is 16.7 Å². The smallest absolute Gasteiger partial charge is 0.203 e. The van der Waals surface area contributed by atoms with Crippen LogP contribution < -0.4 is 4.74 Å². The average molecular weight is 306 g/mol. The lowest BCUT2D eigenvalue weighted by molar-refractivity contribution is 0.0978. The first-order valence-electron chi connectivity index (χ1n) is 6.46. The maximum atomic E-state index is 12.7. The molecule has 22 heavy (non-hydrogen) atoms. The fraction of sp³-hybridized carbons (Fsp3) is 0.267. The van der Waals surface area contributed by atoms with E-state index in [1.165, 1.54) is 26.5 Å². The normalized spacial score (nSPS) is 16.3. The van der Waals surface area contributed by atoms with E-state index in [1.54, 1.807) is 0 Å². The van der Waals surface area contributed by atoms with Crippen molar-refractivity contribution in [2.24, 2.45) is 0 Å². The van der Waals surface area contributed by atoms with E-state index in [0.29, 0.717) is 11.1 Å². The van der Waals surface area contributed by atoms with Gasteiger partial charge in [-0.2, -0.15) is 0 Å². The minimum Gasteiger partial charge on any atom is -0.504 e. The Morgan fingerprint density at radius 2 is 1.95 bits per heavy atom. The highest BCUT2D eigenvalue weighted by Crippen LogP contribution is 2.49. The summed E-state index contributed by atoms with van der Waals surface area (Å²) < 4.78 is 15.5. The number of hydrogen-bond donors (Lipinski definition) is 3. The van der Waals surface area contributed by atoms with Gasteiger partial charge in [0.1, 0.15) is 18.5 Å². The van der Waals surface area contributed by atoms with Gasteiger partial charge < -0.3 is 29.2 Å². The zero-order valence-electron chi connectivity index (χ0n) is 11.9. The van der Waals surface area contributed by atoms with Gasteiger partial charge in [0.05, 0.1) is 24.5 Å². The molecule has 2 aromatic rings. The Balaban J connectivity index is 2.33. The lowest BCUT2D eigenvalue weighted by atomic mass is 9.83. The molecule has 1 atom stereocenters. The van der Waals surface area contributed by atoms with Crippen molar-refractivity contribution in [3.63, 3.8) is 0 Å². The molecule has 7 nitrogen and oxygen atoms in total. The number of aliphatic hydroxyl groups excluding tert-OH is 1. The Hall–Kier alpha value is -2.51. The molecule has 0 spiro atoms. The summed E-state index contributed by atoms with van der Waals surface area (Å²) in [4.78, 5) is 12.7. The Labute approximate surface area is 125 Å². The van der Waals surface area contributed by atoms with E-state index in [0.717, 1.165) is 0 Å². The maximum absolute atomic E-state index is 12.7. The SMILES string of the molecule is COc1c(O)cc2c(c1O)C(=O)c1c(coc1CO)[C@H]2OC. The summed E-state index contributed by atoms with van der Waals surface area (Å²) in [7, 11) is 2.70. The molecule has 0 saturated carbocycles. The van der Waals surface area contributed by atoms with E-state index in [9.17, 15) is 20.1 Å². The summed E-state index contributed by atoms with van der Waals surface area (Å²) in [5, 5.41) is 29.5. The van der Waals surface area contributed by atoms with Crippen molar-refractivity contribution in [2.75, 3.05) is 14.2 Å². The number of fused-ring (bicyclic) bond motifs is 2. The number of furan rings is 1. The molecule has 1 aliphatic carbocycles. The summed E-state index contributed by atoms with van der Waals surface area (Å²) in [6.45, 7) is -0.456. The van der Waals surface area contributed by atoms with Crippen LogP contribution in [0.3, 0.4) is 0 Å². The lowest BCUT2D eigenvalue weighted by Gasteiger charge is -2.25. The van der Waals surface area contributed by atoms with Crippen LogP contribution in [0, 0.1) is 0 Å². The molecule has 0 saturated heterocycles. The number of carbonyl (C=O) groups is 1. The van der Waals surface area contributed by atoms with Crippen molar-refractivity contribution >= 4 is 5.78 Å². The van der Waals surface area contributed by atoms with E-state index < -0.39 is 24.2 Å². The van der Waals surface area contributed by atoms with E-state index in [-0.39, 0.29) is 28.4 Å². The lowest BCUT2D eigenvalue weighted by Crippen LogP contribution is -2.20. The van der Waals surface area contributed by atoms with Crippen LogP contribution in [0.2, 0.25) is 0 Å². The van der Waals surface area contributed by atoms with Gasteiger partial charge in [0.15, 0.2) is 11.5 Å². The van der Waals surface area contributed by atoms with Crippen molar-refractivity contribution in [1.82, 2.24) is 0 Å². The summed E-state index contributed by atoms with van der Waals surface area (Å²) in [5.41, 5.74) is 0.865. The first kappa shape index (κ1) is 14.4. The van der Waals surface area contributed by atoms with Gasteiger partial charge >= 0.3 is 0 Å². The van der Waals surface area contributed by atoms with Crippen LogP contribution in [0.1, 0.15) is 38.9 Å². The Morgan fingerprint density at radius 1 is 1.23 bits per heavy atom. The molecule has 0 aliphatic heterocycles. The number of aliphatic hydroxyl groups is 1. The minimum absolute atomic E-state index is 0.0369. The third kappa shape index (κ3) is 1.73. The largest absolute Gasteiger partial charge is 0.504 e. The first-order chi connectivity index (χ1) is 10.5. The topological polar surface area (TPSA) is 109 Å². The number of ether oxygens (including phenoxy) is 2. The van der Waals surface area contributed by atoms with Gasteiger partial charge in [-0.25, -0.2) is 0 Å². The first-order valence-corrected chi connectivity index (χ1v) is 6.46. The Bertz CT molecular complexity index is 760. The molecule has 1 heterocycles. The van der Waals surface area contributed by atoms with Crippen molar-refractivity contribution in [1.29, 1.82) is 0 Å². The van der Waals surface area contributed by atoms with Crippen LogP contribution in [-0.4, -0.2) is 35.3 Å². The third-order valence-electron chi connectivity index (χ3n) is 3.76. The van der Waals surface area contributed by atoms with E-state index in [4.69, 9.17) is 13.9 Å². The van der Waals surface area contributed by atoms with Crippen molar-refractivity contribution < 1.29 is 34.0 Å². The molecule has 7 heteroatoms. The molecule has 1 aromatic heterocycles. The Morgan fingerprint density at radius 3 is 2.55 bits per heavy atom. The van der Waals surface area contributed by atoms with Crippen molar-refractivity contribution in [3.05, 3.63) is 40.3 Å². The zero-order valence-corrected chi connectivity index (χ0v) is 11.9. The zero-order chi connectivity index (χ0) is 16.0. The minimum atomic E-state index is -0.713. The van der Waals surface area contributed by atoms with Crippen LogP contribution in [0.5, 0.6) is 17.2 Å². The van der Waals surface area contributed by atoms with Crippen molar-refractivity contribution in [2.45, 2.75) is 12.7 Å². The number of rotatable bonds is 3. The molecular formula is C15H14O7. The molecule has 0 fully saturated rings. The molecule has 0 amide bonds. The highest BCUT2D eigenvalue weighted by Gasteiger charge is 2.39. The molecule has 1 aromatic carbocycles. The van der Waals surface area contributed by atoms with Crippen molar-refractivity contribution in [3.8, 4) is 17.2 Å². The monoisotopic (exact) mass is 306 g/mol. The average Bonchev–Trinajstić information content (AvgIpc) is 2.92. The standard InChI is InChI=1S/C15H14O7/c1-20-14-6-3-8(17)15(21-2)13(19)11(6)12(18)10-7(14)5-22-9(10)4-16/h3,5,14,16-17,19H,4H2,1-2H3/t14-/m0/s1. The molecule has 0 bridgehead atoms. The quantitative estimate of drug-likeness (QED) is 0.787. The van der Waals surface area contributed by atoms with E-state index in [2.05, 4.69) is 0 Å². The molecule has 0 unspecified atom stereocenters. The Kier molecular flexibility index (Phi) is 3.31. The highest BCUT2D eigenvalue weighted by atomic mass is 16.5. The number of phenols is 2. The fourth-order valence-electron chi connectivity index (χ4n) is 2.83. The predicted molar refractivity (Wildman–Crippen MR) is 73.2 cm³/mol. The van der Waals surface area contributed by atoms with E-state index in [1.807, 2.05) is 0 Å². The van der Waals surface area contributed by atoms with Crippen LogP contribution >= 0.6 is 0 Å². The molecule has 116 valence electrons.